The molecular weight excluding hydrogens is 188 g/mol. The fraction of sp³-hybridized carbons (Fsp3) is 0.500. The molecule has 0 aliphatic carbocycles. The van der Waals surface area contributed by atoms with Crippen molar-refractivity contribution in [3.05, 3.63) is 29.8 Å². The molecule has 1 rings (SSSR count). The summed E-state index contributed by atoms with van der Waals surface area (Å²) >= 11 is 0. The van der Waals surface area contributed by atoms with Gasteiger partial charge in [-0.15, -0.1) is 0 Å². The number of nitrogens with one attached hydrogen (secondary N) is 1. The van der Waals surface area contributed by atoms with Crippen molar-refractivity contribution in [1.29, 1.82) is 0 Å². The van der Waals surface area contributed by atoms with Crippen molar-refractivity contribution in [2.45, 2.75) is 25.9 Å². The van der Waals surface area contributed by atoms with Crippen LogP contribution in [-0.4, -0.2) is 19.7 Å². The van der Waals surface area contributed by atoms with Gasteiger partial charge in [0.15, 0.2) is 0 Å². The van der Waals surface area contributed by atoms with Crippen LogP contribution in [0, 0.1) is 0 Å². The Bertz CT molecular complexity index is 299. The van der Waals surface area contributed by atoms with Crippen molar-refractivity contribution in [3.8, 4) is 5.75 Å². The molecule has 15 heavy (non-hydrogen) atoms. The van der Waals surface area contributed by atoms with Crippen LogP contribution in [0.1, 0.15) is 25.5 Å². The van der Waals surface area contributed by atoms with Crippen LogP contribution in [-0.2, 0) is 0 Å². The lowest BCUT2D eigenvalue weighted by atomic mass is 10.1. The van der Waals surface area contributed by atoms with Gasteiger partial charge in [-0.25, -0.2) is 0 Å². The van der Waals surface area contributed by atoms with Gasteiger partial charge in [-0.2, -0.15) is 0 Å². The molecule has 0 heterocycles. The summed E-state index contributed by atoms with van der Waals surface area (Å²) in [4.78, 5) is 0. The molecule has 0 saturated heterocycles. The van der Waals surface area contributed by atoms with Crippen LogP contribution < -0.4 is 15.8 Å². The molecule has 0 aliphatic rings. The van der Waals surface area contributed by atoms with Gasteiger partial charge in [-0.05, 0) is 19.9 Å². The summed E-state index contributed by atoms with van der Waals surface area (Å²) in [6.07, 6.45) is 0. The number of ether oxygens (including phenoxy) is 1. The zero-order chi connectivity index (χ0) is 11.3. The smallest absolute Gasteiger partial charge is 0.123 e. The Morgan fingerprint density at radius 1 is 1.33 bits per heavy atom. The molecule has 2 atom stereocenters. The minimum absolute atomic E-state index is 0.169. The van der Waals surface area contributed by atoms with Gasteiger partial charge in [0.05, 0.1) is 7.11 Å². The maximum absolute atomic E-state index is 5.70. The van der Waals surface area contributed by atoms with E-state index in [1.807, 2.05) is 25.1 Å². The molecule has 0 bridgehead atoms. The molecular formula is C12H20N2O. The lowest BCUT2D eigenvalue weighted by molar-refractivity contribution is 0.400. The van der Waals surface area contributed by atoms with Crippen molar-refractivity contribution in [3.63, 3.8) is 0 Å². The summed E-state index contributed by atoms with van der Waals surface area (Å²) in [5.74, 6) is 0.919. The molecule has 0 spiro atoms. The van der Waals surface area contributed by atoms with Crippen LogP contribution >= 0.6 is 0 Å². The first-order valence-electron chi connectivity index (χ1n) is 5.27. The molecule has 0 aliphatic heterocycles. The van der Waals surface area contributed by atoms with Crippen molar-refractivity contribution in [2.75, 3.05) is 13.7 Å². The van der Waals surface area contributed by atoms with Crippen LogP contribution in [0.3, 0.4) is 0 Å². The molecule has 1 aromatic rings. The quantitative estimate of drug-likeness (QED) is 0.774. The Morgan fingerprint density at radius 3 is 2.60 bits per heavy atom. The number of methoxy groups -OCH3 is 1. The number of para-hydroxylation sites is 1. The summed E-state index contributed by atoms with van der Waals surface area (Å²) < 4.78 is 5.30. The molecule has 0 amide bonds. The van der Waals surface area contributed by atoms with Crippen molar-refractivity contribution >= 4 is 0 Å². The minimum atomic E-state index is 0.169. The normalized spacial score (nSPS) is 14.7. The second-order valence-electron chi connectivity index (χ2n) is 3.85. The Labute approximate surface area is 91.6 Å². The van der Waals surface area contributed by atoms with Gasteiger partial charge < -0.3 is 15.8 Å². The van der Waals surface area contributed by atoms with Gasteiger partial charge in [-0.1, -0.05) is 18.2 Å². The number of hydrogen-bond donors (Lipinski definition) is 2. The average molecular weight is 208 g/mol. The first kappa shape index (κ1) is 12.0. The van der Waals surface area contributed by atoms with Crippen LogP contribution in [0.25, 0.3) is 0 Å². The van der Waals surface area contributed by atoms with Crippen LogP contribution in [0.5, 0.6) is 5.75 Å². The third kappa shape index (κ3) is 3.53. The molecule has 1 aromatic carbocycles. The first-order valence-corrected chi connectivity index (χ1v) is 5.27. The topological polar surface area (TPSA) is 47.3 Å². The van der Waals surface area contributed by atoms with Crippen molar-refractivity contribution in [1.82, 2.24) is 5.32 Å². The minimum Gasteiger partial charge on any atom is -0.496 e. The summed E-state index contributed by atoms with van der Waals surface area (Å²) in [5.41, 5.74) is 6.86. The van der Waals surface area contributed by atoms with E-state index in [4.69, 9.17) is 10.5 Å². The van der Waals surface area contributed by atoms with Crippen LogP contribution in [0.15, 0.2) is 24.3 Å². The molecule has 0 aromatic heterocycles. The third-order valence-electron chi connectivity index (χ3n) is 2.35. The van der Waals surface area contributed by atoms with E-state index in [1.165, 1.54) is 5.56 Å². The first-order chi connectivity index (χ1) is 7.15. The fourth-order valence-electron chi connectivity index (χ4n) is 1.50. The molecule has 0 fully saturated rings. The average Bonchev–Trinajstić information content (AvgIpc) is 2.25. The number of benzene rings is 1. The number of nitrogens with two attached hydrogens (primary N) is 1. The Kier molecular flexibility index (Phi) is 4.59. The summed E-state index contributed by atoms with van der Waals surface area (Å²) in [5, 5.41) is 3.37. The number of hydrogen-bond acceptors (Lipinski definition) is 3. The van der Waals surface area contributed by atoms with Gasteiger partial charge >= 0.3 is 0 Å². The maximum atomic E-state index is 5.70. The molecule has 0 radical (unpaired) electrons. The van der Waals surface area contributed by atoms with Crippen LogP contribution in [0.4, 0.5) is 0 Å². The van der Waals surface area contributed by atoms with E-state index in [1.54, 1.807) is 7.11 Å². The molecule has 84 valence electrons. The third-order valence-corrected chi connectivity index (χ3v) is 2.35. The van der Waals surface area contributed by atoms with Crippen molar-refractivity contribution in [2.24, 2.45) is 5.73 Å². The van der Waals surface area contributed by atoms with E-state index < -0.39 is 0 Å². The van der Waals surface area contributed by atoms with Gasteiger partial charge in [0.1, 0.15) is 5.75 Å². The highest BCUT2D eigenvalue weighted by Gasteiger charge is 2.10. The van der Waals surface area contributed by atoms with Crippen molar-refractivity contribution < 1.29 is 4.74 Å². The summed E-state index contributed by atoms with van der Waals surface area (Å²) in [7, 11) is 1.69. The monoisotopic (exact) mass is 208 g/mol. The SMILES string of the molecule is COc1ccccc1C(C)NCC(C)N. The zero-order valence-electron chi connectivity index (χ0n) is 9.66. The molecule has 0 saturated carbocycles. The zero-order valence-corrected chi connectivity index (χ0v) is 9.66. The van der Waals surface area contributed by atoms with E-state index in [9.17, 15) is 0 Å². The molecule has 3 heteroatoms. The summed E-state index contributed by atoms with van der Waals surface area (Å²) in [6, 6.07) is 8.45. The summed E-state index contributed by atoms with van der Waals surface area (Å²) in [6.45, 7) is 4.90. The van der Waals surface area contributed by atoms with E-state index in [0.29, 0.717) is 0 Å². The highest BCUT2D eigenvalue weighted by atomic mass is 16.5. The highest BCUT2D eigenvalue weighted by Crippen LogP contribution is 2.23. The van der Waals surface area contributed by atoms with Gasteiger partial charge in [0.25, 0.3) is 0 Å². The predicted octanol–water partition coefficient (Wildman–Crippen LogP) is 1.69. The molecule has 2 unspecified atom stereocenters. The standard InChI is InChI=1S/C12H20N2O/c1-9(13)8-14-10(2)11-6-4-5-7-12(11)15-3/h4-7,9-10,14H,8,13H2,1-3H3. The Balaban J connectivity index is 2.68. The van der Waals surface area contributed by atoms with Gasteiger partial charge in [-0.3, -0.25) is 0 Å². The van der Waals surface area contributed by atoms with E-state index in [2.05, 4.69) is 18.3 Å². The second-order valence-corrected chi connectivity index (χ2v) is 3.85. The van der Waals surface area contributed by atoms with E-state index in [0.717, 1.165) is 12.3 Å². The van der Waals surface area contributed by atoms with Gasteiger partial charge in [0, 0.05) is 24.2 Å². The van der Waals surface area contributed by atoms with E-state index in [-0.39, 0.29) is 12.1 Å². The number of rotatable bonds is 5. The fourth-order valence-corrected chi connectivity index (χ4v) is 1.50. The Morgan fingerprint density at radius 2 is 2.00 bits per heavy atom. The Hall–Kier alpha value is -1.06. The highest BCUT2D eigenvalue weighted by molar-refractivity contribution is 5.35. The molecule has 3 nitrogen and oxygen atoms in total. The second kappa shape index (κ2) is 5.73. The lowest BCUT2D eigenvalue weighted by Crippen LogP contribution is -2.32. The lowest BCUT2D eigenvalue weighted by Gasteiger charge is -2.18. The predicted molar refractivity (Wildman–Crippen MR) is 63.1 cm³/mol. The largest absolute Gasteiger partial charge is 0.496 e. The van der Waals surface area contributed by atoms with E-state index >= 15 is 0 Å². The van der Waals surface area contributed by atoms with Gasteiger partial charge in [0.2, 0.25) is 0 Å². The van der Waals surface area contributed by atoms with Crippen LogP contribution in [0.2, 0.25) is 0 Å². The maximum Gasteiger partial charge on any atom is 0.123 e. The molecule has 3 N–H and O–H groups in total.